The molecule has 0 aliphatic heterocycles. The van der Waals surface area contributed by atoms with E-state index in [4.69, 9.17) is 5.73 Å². The van der Waals surface area contributed by atoms with Crippen LogP contribution >= 0.6 is 0 Å². The Kier molecular flexibility index (Phi) is 6.13. The molecule has 8 heteroatoms. The molecule has 3 aromatic rings. The number of primary amides is 1. The van der Waals surface area contributed by atoms with E-state index in [1.165, 1.54) is 0 Å². The SMILES string of the molecule is Cc1cnc(C(=O)NC(CCc2ccccc2)C(=O)C(N)=O)n1-c1ccccn1. The Morgan fingerprint density at radius 2 is 1.79 bits per heavy atom. The molecule has 1 unspecified atom stereocenters. The van der Waals surface area contributed by atoms with Gasteiger partial charge in [-0.3, -0.25) is 19.0 Å². The summed E-state index contributed by atoms with van der Waals surface area (Å²) in [4.78, 5) is 45.0. The topological polar surface area (TPSA) is 120 Å². The molecule has 3 rings (SSSR count). The van der Waals surface area contributed by atoms with Gasteiger partial charge >= 0.3 is 0 Å². The summed E-state index contributed by atoms with van der Waals surface area (Å²) >= 11 is 0. The van der Waals surface area contributed by atoms with Gasteiger partial charge in [0.05, 0.1) is 6.04 Å². The number of imidazole rings is 1. The van der Waals surface area contributed by atoms with Crippen molar-refractivity contribution in [3.05, 3.63) is 78.0 Å². The van der Waals surface area contributed by atoms with Gasteiger partial charge in [-0.15, -0.1) is 0 Å². The number of nitrogens with one attached hydrogen (secondary N) is 1. The lowest BCUT2D eigenvalue weighted by atomic mass is 10.0. The van der Waals surface area contributed by atoms with Gasteiger partial charge in [0.15, 0.2) is 0 Å². The molecule has 0 bridgehead atoms. The van der Waals surface area contributed by atoms with E-state index < -0.39 is 23.6 Å². The number of nitrogens with two attached hydrogens (primary N) is 1. The number of aromatic nitrogens is 3. The highest BCUT2D eigenvalue weighted by atomic mass is 16.2. The number of Topliss-reactive ketones (excluding diaryl/α,β-unsaturated/α-hetero) is 1. The minimum Gasteiger partial charge on any atom is -0.363 e. The Morgan fingerprint density at radius 3 is 2.45 bits per heavy atom. The number of ketones is 1. The number of carbonyl (C=O) groups excluding carboxylic acids is 3. The predicted octanol–water partition coefficient (Wildman–Crippen LogP) is 1.36. The number of rotatable bonds is 8. The van der Waals surface area contributed by atoms with E-state index in [-0.39, 0.29) is 12.2 Å². The summed E-state index contributed by atoms with van der Waals surface area (Å²) in [5.74, 6) is -1.93. The van der Waals surface area contributed by atoms with E-state index in [1.54, 1.807) is 42.1 Å². The lowest BCUT2D eigenvalue weighted by molar-refractivity contribution is -0.137. The summed E-state index contributed by atoms with van der Waals surface area (Å²) in [6.45, 7) is 1.79. The summed E-state index contributed by atoms with van der Waals surface area (Å²) in [5, 5.41) is 2.61. The fourth-order valence-corrected chi connectivity index (χ4v) is 2.99. The maximum Gasteiger partial charge on any atom is 0.288 e. The average Bonchev–Trinajstić information content (AvgIpc) is 3.13. The van der Waals surface area contributed by atoms with E-state index >= 15 is 0 Å². The molecule has 0 radical (unpaired) electrons. The van der Waals surface area contributed by atoms with Gasteiger partial charge in [0.25, 0.3) is 11.8 Å². The lowest BCUT2D eigenvalue weighted by Crippen LogP contribution is -2.46. The number of nitrogens with zero attached hydrogens (tertiary/aromatic N) is 3. The second-order valence-electron chi connectivity index (χ2n) is 6.53. The monoisotopic (exact) mass is 391 g/mol. The van der Waals surface area contributed by atoms with E-state index in [2.05, 4.69) is 15.3 Å². The number of amides is 2. The van der Waals surface area contributed by atoms with Crippen molar-refractivity contribution in [2.24, 2.45) is 5.73 Å². The fraction of sp³-hybridized carbons (Fsp3) is 0.190. The highest BCUT2D eigenvalue weighted by Crippen LogP contribution is 2.13. The van der Waals surface area contributed by atoms with Crippen LogP contribution in [0.1, 0.15) is 28.3 Å². The van der Waals surface area contributed by atoms with Crippen LogP contribution in [0.25, 0.3) is 5.82 Å². The maximum absolute atomic E-state index is 12.9. The highest BCUT2D eigenvalue weighted by Gasteiger charge is 2.27. The normalized spacial score (nSPS) is 11.6. The van der Waals surface area contributed by atoms with Crippen molar-refractivity contribution in [3.8, 4) is 5.82 Å². The molecule has 1 atom stereocenters. The molecular formula is C21H21N5O3. The van der Waals surface area contributed by atoms with Gasteiger partial charge in [0.2, 0.25) is 11.6 Å². The molecule has 29 heavy (non-hydrogen) atoms. The summed E-state index contributed by atoms with van der Waals surface area (Å²) in [6.07, 6.45) is 3.88. The van der Waals surface area contributed by atoms with Gasteiger partial charge in [-0.25, -0.2) is 9.97 Å². The van der Waals surface area contributed by atoms with Crippen LogP contribution in [-0.4, -0.2) is 38.2 Å². The maximum atomic E-state index is 12.9. The van der Waals surface area contributed by atoms with Gasteiger partial charge in [-0.1, -0.05) is 36.4 Å². The summed E-state index contributed by atoms with van der Waals surface area (Å²) in [7, 11) is 0. The molecule has 2 aromatic heterocycles. The molecule has 0 aliphatic carbocycles. The zero-order chi connectivity index (χ0) is 20.8. The van der Waals surface area contributed by atoms with Crippen molar-refractivity contribution in [3.63, 3.8) is 0 Å². The average molecular weight is 391 g/mol. The Balaban J connectivity index is 1.82. The first-order chi connectivity index (χ1) is 14.0. The molecule has 0 saturated heterocycles. The minimum absolute atomic E-state index is 0.0724. The molecule has 1 aromatic carbocycles. The molecule has 0 saturated carbocycles. The van der Waals surface area contributed by atoms with Crippen LogP contribution in [0.5, 0.6) is 0 Å². The number of carbonyl (C=O) groups is 3. The first-order valence-electron chi connectivity index (χ1n) is 9.11. The first-order valence-corrected chi connectivity index (χ1v) is 9.11. The zero-order valence-corrected chi connectivity index (χ0v) is 15.9. The molecule has 2 heterocycles. The number of hydrogen-bond donors (Lipinski definition) is 2. The van der Waals surface area contributed by atoms with Crippen molar-refractivity contribution in [1.82, 2.24) is 19.9 Å². The molecular weight excluding hydrogens is 370 g/mol. The third-order valence-corrected chi connectivity index (χ3v) is 4.45. The van der Waals surface area contributed by atoms with Gasteiger partial charge in [-0.2, -0.15) is 0 Å². The Hall–Kier alpha value is -3.81. The van der Waals surface area contributed by atoms with Crippen LogP contribution in [0.3, 0.4) is 0 Å². The van der Waals surface area contributed by atoms with E-state index in [9.17, 15) is 14.4 Å². The van der Waals surface area contributed by atoms with E-state index in [0.29, 0.717) is 17.9 Å². The first kappa shape index (κ1) is 19.9. The van der Waals surface area contributed by atoms with E-state index in [0.717, 1.165) is 5.56 Å². The van der Waals surface area contributed by atoms with Crippen LogP contribution in [0.2, 0.25) is 0 Å². The van der Waals surface area contributed by atoms with Gasteiger partial charge in [-0.05, 0) is 37.5 Å². The Bertz CT molecular complexity index is 1020. The van der Waals surface area contributed by atoms with Crippen molar-refractivity contribution in [2.45, 2.75) is 25.8 Å². The number of aryl methyl sites for hydroxylation is 2. The van der Waals surface area contributed by atoms with Crippen LogP contribution in [0.4, 0.5) is 0 Å². The second kappa shape index (κ2) is 8.92. The quantitative estimate of drug-likeness (QED) is 0.562. The lowest BCUT2D eigenvalue weighted by Gasteiger charge is -2.17. The summed E-state index contributed by atoms with van der Waals surface area (Å²) in [6, 6.07) is 13.7. The van der Waals surface area contributed by atoms with E-state index in [1.807, 2.05) is 30.3 Å². The third kappa shape index (κ3) is 4.73. The van der Waals surface area contributed by atoms with Crippen LogP contribution in [-0.2, 0) is 16.0 Å². The molecule has 0 fully saturated rings. The Labute approximate surface area is 167 Å². The van der Waals surface area contributed by atoms with Gasteiger partial charge < -0.3 is 11.1 Å². The molecule has 148 valence electrons. The van der Waals surface area contributed by atoms with Crippen molar-refractivity contribution >= 4 is 17.6 Å². The standard InChI is InChI=1S/C21H21N5O3/c1-14-13-24-20(26(14)17-9-5-6-12-23-17)21(29)25-16(18(27)19(22)28)11-10-15-7-3-2-4-8-15/h2-9,12-13,16H,10-11H2,1H3,(H2,22,28)(H,25,29). The van der Waals surface area contributed by atoms with Gasteiger partial charge in [0, 0.05) is 18.1 Å². The molecule has 0 spiro atoms. The predicted molar refractivity (Wildman–Crippen MR) is 106 cm³/mol. The molecule has 8 nitrogen and oxygen atoms in total. The largest absolute Gasteiger partial charge is 0.363 e. The van der Waals surface area contributed by atoms with Crippen LogP contribution < -0.4 is 11.1 Å². The Morgan fingerprint density at radius 1 is 1.07 bits per heavy atom. The van der Waals surface area contributed by atoms with Crippen LogP contribution in [0.15, 0.2) is 60.9 Å². The number of benzene rings is 1. The van der Waals surface area contributed by atoms with Crippen molar-refractivity contribution in [1.29, 1.82) is 0 Å². The number of hydrogen-bond acceptors (Lipinski definition) is 5. The zero-order valence-electron chi connectivity index (χ0n) is 15.9. The van der Waals surface area contributed by atoms with Crippen molar-refractivity contribution in [2.75, 3.05) is 0 Å². The summed E-state index contributed by atoms with van der Waals surface area (Å²) in [5.41, 5.74) is 6.86. The van der Waals surface area contributed by atoms with Crippen molar-refractivity contribution < 1.29 is 14.4 Å². The fourth-order valence-electron chi connectivity index (χ4n) is 2.99. The minimum atomic E-state index is -1.09. The summed E-state index contributed by atoms with van der Waals surface area (Å²) < 4.78 is 1.58. The molecule has 3 N–H and O–H groups in total. The third-order valence-electron chi connectivity index (χ3n) is 4.45. The number of pyridine rings is 1. The second-order valence-corrected chi connectivity index (χ2v) is 6.53. The van der Waals surface area contributed by atoms with Crippen LogP contribution in [0, 0.1) is 6.92 Å². The smallest absolute Gasteiger partial charge is 0.288 e. The molecule has 2 amide bonds. The highest BCUT2D eigenvalue weighted by molar-refractivity contribution is 6.37. The van der Waals surface area contributed by atoms with Gasteiger partial charge in [0.1, 0.15) is 5.82 Å². The molecule has 0 aliphatic rings.